The van der Waals surface area contributed by atoms with Crippen LogP contribution in [-0.2, 0) is 18.3 Å². The van der Waals surface area contributed by atoms with E-state index >= 15 is 0 Å². The maximum absolute atomic E-state index is 13.1. The molecule has 4 aromatic rings. The smallest absolute Gasteiger partial charge is 0.274 e. The minimum atomic E-state index is -0.0404. The maximum Gasteiger partial charge on any atom is 0.274 e. The first-order valence-corrected chi connectivity index (χ1v) is 16.8. The summed E-state index contributed by atoms with van der Waals surface area (Å²) in [4.78, 5) is 19.9. The fraction of sp³-hybridized carbons (Fsp3) is 0.447. The van der Waals surface area contributed by atoms with E-state index < -0.39 is 0 Å². The molecule has 0 spiro atoms. The Kier molecular flexibility index (Phi) is 13.9. The summed E-state index contributed by atoms with van der Waals surface area (Å²) in [5, 5.41) is 21.0. The van der Waals surface area contributed by atoms with Gasteiger partial charge in [-0.3, -0.25) is 9.79 Å². The summed E-state index contributed by atoms with van der Waals surface area (Å²) < 4.78 is 1.76. The number of halogens is 3. The summed E-state index contributed by atoms with van der Waals surface area (Å²) in [6, 6.07) is 17.9. The molecule has 48 heavy (non-hydrogen) atoms. The van der Waals surface area contributed by atoms with Gasteiger partial charge in [0.2, 0.25) is 0 Å². The van der Waals surface area contributed by atoms with E-state index in [1.165, 1.54) is 11.1 Å². The number of nitrogens with one attached hydrogen (secondary N) is 1. The molecule has 1 unspecified atom stereocenters. The van der Waals surface area contributed by atoms with Crippen molar-refractivity contribution in [2.24, 2.45) is 4.99 Å². The number of aromatic nitrogens is 2. The van der Waals surface area contributed by atoms with Crippen molar-refractivity contribution < 1.29 is 5.11 Å². The lowest BCUT2D eigenvalue weighted by Crippen LogP contribution is -2.29. The first kappa shape index (κ1) is 39.3. The molecule has 0 saturated carbocycles. The highest BCUT2D eigenvalue weighted by Crippen LogP contribution is 2.36. The summed E-state index contributed by atoms with van der Waals surface area (Å²) in [5.41, 5.74) is 6.51. The summed E-state index contributed by atoms with van der Waals surface area (Å²) in [5.74, 6) is 1.47. The normalized spacial score (nSPS) is 16.5. The van der Waals surface area contributed by atoms with E-state index in [0.717, 1.165) is 95.9 Å². The minimum absolute atomic E-state index is 0. The standard InChI is InChI=1S/C22H24ClN3O.C16H24N2O.2ClH/c1-25-13-4-5-18(12-14-25)26-22(27)20-7-3-2-6-19(20)21(24-26)15-16-8-10-17(23)11-9-16;1-10-8-13(16(3,4)5)15(19)11(2)12(10)9-14-17-6-7-18-14;;/h2-3,6-11,18H,4-5,12-15H2,1H3;8,19H,6-7,9H2,1-5H3,(H,17,18);2*1H. The highest BCUT2D eigenvalue weighted by atomic mass is 35.5. The SMILES string of the molecule is CN1CCCC(n2nc(Cc3ccc(Cl)cc3)c3ccccc3c2=O)CC1.Cc1cc(C(C)(C)C)c(O)c(C)c1CC1=NCCN1.Cl.Cl. The molecule has 1 saturated heterocycles. The van der Waals surface area contributed by atoms with E-state index in [-0.39, 0.29) is 41.8 Å². The van der Waals surface area contributed by atoms with Crippen molar-refractivity contribution in [3.63, 3.8) is 0 Å². The van der Waals surface area contributed by atoms with Crippen LogP contribution in [0.5, 0.6) is 5.75 Å². The Balaban J connectivity index is 0.000000265. The Morgan fingerprint density at radius 3 is 2.31 bits per heavy atom. The molecule has 1 fully saturated rings. The summed E-state index contributed by atoms with van der Waals surface area (Å²) in [7, 11) is 2.14. The van der Waals surface area contributed by atoms with Gasteiger partial charge in [0.05, 0.1) is 23.7 Å². The van der Waals surface area contributed by atoms with Crippen molar-refractivity contribution in [2.45, 2.75) is 78.2 Å². The van der Waals surface area contributed by atoms with E-state index in [2.05, 4.69) is 56.0 Å². The average Bonchev–Trinajstić information content (AvgIpc) is 3.45. The number of aliphatic imine (C=N–C) groups is 1. The Hall–Kier alpha value is -3.10. The van der Waals surface area contributed by atoms with Crippen LogP contribution in [0.1, 0.15) is 79.6 Å². The predicted molar refractivity (Wildman–Crippen MR) is 205 cm³/mol. The molecule has 3 heterocycles. The first-order valence-electron chi connectivity index (χ1n) is 16.5. The molecule has 2 N–H and O–H groups in total. The number of rotatable bonds is 5. The van der Waals surface area contributed by atoms with Crippen molar-refractivity contribution in [3.05, 3.63) is 103 Å². The molecular formula is C38H50Cl3N5O2. The second-order valence-corrected chi connectivity index (χ2v) is 14.2. The van der Waals surface area contributed by atoms with E-state index in [1.807, 2.05) is 55.5 Å². The number of aromatic hydroxyl groups is 1. The summed E-state index contributed by atoms with van der Waals surface area (Å²) >= 11 is 6.02. The van der Waals surface area contributed by atoms with E-state index in [1.54, 1.807) is 4.68 Å². The van der Waals surface area contributed by atoms with Crippen LogP contribution >= 0.6 is 36.4 Å². The van der Waals surface area contributed by atoms with Crippen molar-refractivity contribution in [2.75, 3.05) is 33.2 Å². The molecule has 0 amide bonds. The fourth-order valence-electron chi connectivity index (χ4n) is 6.50. The number of phenolic OH excluding ortho intramolecular Hbond substituents is 1. The zero-order chi connectivity index (χ0) is 33.0. The Bertz CT molecular complexity index is 1780. The van der Waals surface area contributed by atoms with E-state index in [0.29, 0.717) is 12.2 Å². The van der Waals surface area contributed by atoms with Crippen molar-refractivity contribution >= 4 is 53.0 Å². The largest absolute Gasteiger partial charge is 0.507 e. The van der Waals surface area contributed by atoms with Gasteiger partial charge in [0.1, 0.15) is 11.6 Å². The Labute approximate surface area is 302 Å². The Morgan fingerprint density at radius 1 is 0.979 bits per heavy atom. The molecule has 1 aromatic heterocycles. The van der Waals surface area contributed by atoms with Gasteiger partial charge >= 0.3 is 0 Å². The third-order valence-corrected chi connectivity index (χ3v) is 9.50. The molecular weight excluding hydrogens is 665 g/mol. The van der Waals surface area contributed by atoms with E-state index in [9.17, 15) is 9.90 Å². The lowest BCUT2D eigenvalue weighted by Gasteiger charge is -2.24. The molecule has 0 bridgehead atoms. The monoisotopic (exact) mass is 713 g/mol. The predicted octanol–water partition coefficient (Wildman–Crippen LogP) is 7.99. The second-order valence-electron chi connectivity index (χ2n) is 13.8. The molecule has 1 atom stereocenters. The number of fused-ring (bicyclic) bond motifs is 1. The molecule has 6 rings (SSSR count). The van der Waals surface area contributed by atoms with Gasteiger partial charge in [-0.25, -0.2) is 4.68 Å². The van der Waals surface area contributed by atoms with Crippen LogP contribution in [-0.4, -0.2) is 58.8 Å². The highest BCUT2D eigenvalue weighted by molar-refractivity contribution is 6.30. The van der Waals surface area contributed by atoms with Crippen LogP contribution < -0.4 is 10.9 Å². The molecule has 0 radical (unpaired) electrons. The third-order valence-electron chi connectivity index (χ3n) is 9.25. The number of likely N-dealkylation sites (tertiary alicyclic amines) is 1. The quantitative estimate of drug-likeness (QED) is 0.219. The fourth-order valence-corrected chi connectivity index (χ4v) is 6.63. The van der Waals surface area contributed by atoms with Gasteiger partial charge in [-0.05, 0) is 105 Å². The minimum Gasteiger partial charge on any atom is -0.507 e. The molecule has 7 nitrogen and oxygen atoms in total. The zero-order valence-electron chi connectivity index (χ0n) is 29.0. The van der Waals surface area contributed by atoms with Crippen LogP contribution in [0.25, 0.3) is 10.8 Å². The molecule has 3 aromatic carbocycles. The number of amidine groups is 1. The van der Waals surface area contributed by atoms with Gasteiger partial charge in [0.15, 0.2) is 0 Å². The van der Waals surface area contributed by atoms with Crippen LogP contribution in [0, 0.1) is 13.8 Å². The van der Waals surface area contributed by atoms with Gasteiger partial charge in [0, 0.05) is 29.8 Å². The molecule has 2 aliphatic heterocycles. The van der Waals surface area contributed by atoms with Gasteiger partial charge in [-0.1, -0.05) is 68.8 Å². The number of benzene rings is 3. The first-order chi connectivity index (χ1) is 21.9. The lowest BCUT2D eigenvalue weighted by atomic mass is 9.82. The zero-order valence-corrected chi connectivity index (χ0v) is 31.4. The number of hydrogen-bond donors (Lipinski definition) is 2. The molecule has 10 heteroatoms. The number of aryl methyl sites for hydroxylation is 1. The second kappa shape index (κ2) is 17.0. The average molecular weight is 715 g/mol. The van der Waals surface area contributed by atoms with Gasteiger partial charge in [0.25, 0.3) is 5.56 Å². The van der Waals surface area contributed by atoms with Crippen LogP contribution in [0.2, 0.25) is 5.02 Å². The number of nitrogens with zero attached hydrogens (tertiary/aromatic N) is 4. The van der Waals surface area contributed by atoms with Crippen molar-refractivity contribution in [3.8, 4) is 5.75 Å². The molecule has 2 aliphatic rings. The topological polar surface area (TPSA) is 82.8 Å². The van der Waals surface area contributed by atoms with Gasteiger partial charge in [-0.15, -0.1) is 24.8 Å². The number of phenols is 1. The lowest BCUT2D eigenvalue weighted by molar-refractivity contribution is 0.334. The molecule has 260 valence electrons. The summed E-state index contributed by atoms with van der Waals surface area (Å²) in [6.07, 6.45) is 4.52. The highest BCUT2D eigenvalue weighted by Gasteiger charge is 2.23. The van der Waals surface area contributed by atoms with Crippen molar-refractivity contribution in [1.29, 1.82) is 0 Å². The van der Waals surface area contributed by atoms with Crippen LogP contribution in [0.4, 0.5) is 0 Å². The third kappa shape index (κ3) is 9.32. The van der Waals surface area contributed by atoms with Gasteiger partial charge in [-0.2, -0.15) is 5.10 Å². The van der Waals surface area contributed by atoms with Gasteiger partial charge < -0.3 is 15.3 Å². The van der Waals surface area contributed by atoms with Crippen LogP contribution in [0.3, 0.4) is 0 Å². The van der Waals surface area contributed by atoms with Crippen LogP contribution in [0.15, 0.2) is 64.4 Å². The van der Waals surface area contributed by atoms with E-state index in [4.69, 9.17) is 16.7 Å². The number of hydrogen-bond acceptors (Lipinski definition) is 6. The van der Waals surface area contributed by atoms with Crippen molar-refractivity contribution in [1.82, 2.24) is 20.0 Å². The molecule has 0 aliphatic carbocycles. The summed E-state index contributed by atoms with van der Waals surface area (Å²) in [6.45, 7) is 14.4. The Morgan fingerprint density at radius 2 is 1.67 bits per heavy atom. The maximum atomic E-state index is 13.1.